The van der Waals surface area contributed by atoms with Crippen LogP contribution in [-0.2, 0) is 20.7 Å². The first-order valence-electron chi connectivity index (χ1n) is 8.24. The van der Waals surface area contributed by atoms with Gasteiger partial charge < -0.3 is 10.1 Å². The van der Waals surface area contributed by atoms with Gasteiger partial charge in [-0.05, 0) is 49.8 Å². The molecule has 1 aromatic rings. The summed E-state index contributed by atoms with van der Waals surface area (Å²) in [6, 6.07) is 3.45. The van der Waals surface area contributed by atoms with E-state index in [1.807, 2.05) is 0 Å². The Labute approximate surface area is 145 Å². The second-order valence-electron chi connectivity index (χ2n) is 6.47. The first kappa shape index (κ1) is 17.0. The van der Waals surface area contributed by atoms with E-state index in [0.717, 1.165) is 5.56 Å². The quantitative estimate of drug-likeness (QED) is 0.849. The van der Waals surface area contributed by atoms with E-state index in [4.69, 9.17) is 16.3 Å². The number of ether oxygens (including phenoxy) is 1. The highest BCUT2D eigenvalue weighted by Gasteiger charge is 2.31. The number of anilines is 1. The van der Waals surface area contributed by atoms with Crippen molar-refractivity contribution in [1.29, 1.82) is 0 Å². The number of halogens is 1. The van der Waals surface area contributed by atoms with Gasteiger partial charge in [0.15, 0.2) is 5.78 Å². The maximum Gasteiger partial charge on any atom is 0.308 e. The maximum absolute atomic E-state index is 12.5. The topological polar surface area (TPSA) is 72.5 Å². The molecule has 5 nitrogen and oxygen atoms in total. The van der Waals surface area contributed by atoms with Gasteiger partial charge in [0.25, 0.3) is 0 Å². The molecule has 0 radical (unpaired) electrons. The summed E-state index contributed by atoms with van der Waals surface area (Å²) >= 11 is 6.23. The first-order valence-corrected chi connectivity index (χ1v) is 8.61. The predicted molar refractivity (Wildman–Crippen MR) is 90.2 cm³/mol. The zero-order valence-corrected chi connectivity index (χ0v) is 14.3. The number of amides is 1. The Morgan fingerprint density at radius 1 is 1.12 bits per heavy atom. The number of fused-ring (bicyclic) bond motifs is 1. The highest BCUT2D eigenvalue weighted by molar-refractivity contribution is 6.34. The van der Waals surface area contributed by atoms with Crippen molar-refractivity contribution in [1.82, 2.24) is 0 Å². The molecule has 1 saturated carbocycles. The Balaban J connectivity index is 1.65. The monoisotopic (exact) mass is 349 g/mol. The zero-order chi connectivity index (χ0) is 17.3. The van der Waals surface area contributed by atoms with Crippen molar-refractivity contribution >= 4 is 34.9 Å². The lowest BCUT2D eigenvalue weighted by molar-refractivity contribution is -0.147. The Kier molecular flexibility index (Phi) is 4.90. The Hall–Kier alpha value is -1.88. The van der Waals surface area contributed by atoms with Gasteiger partial charge in [0.05, 0.1) is 23.7 Å². The largest absolute Gasteiger partial charge is 0.469 e. The molecule has 24 heavy (non-hydrogen) atoms. The number of Topliss-reactive ketones (excluding diaryl/α,β-unsaturated/α-hetero) is 1. The fourth-order valence-electron chi connectivity index (χ4n) is 3.55. The number of esters is 1. The molecule has 3 rings (SSSR count). The van der Waals surface area contributed by atoms with E-state index in [2.05, 4.69) is 5.32 Å². The number of nitrogens with one attached hydrogen (secondary N) is 1. The number of methoxy groups -OCH3 is 1. The first-order chi connectivity index (χ1) is 11.5. The normalized spacial score (nSPS) is 22.8. The molecule has 0 unspecified atom stereocenters. The third-order valence-corrected chi connectivity index (χ3v) is 5.32. The number of hydrogen-bond donors (Lipinski definition) is 1. The van der Waals surface area contributed by atoms with E-state index in [0.29, 0.717) is 54.8 Å². The molecular formula is C18H20ClNO4. The van der Waals surface area contributed by atoms with Crippen molar-refractivity contribution in [3.05, 3.63) is 28.3 Å². The lowest BCUT2D eigenvalue weighted by Gasteiger charge is -2.26. The molecule has 1 fully saturated rings. The molecule has 0 atom stereocenters. The number of ketones is 1. The molecule has 0 aliphatic heterocycles. The summed E-state index contributed by atoms with van der Waals surface area (Å²) in [6.45, 7) is 0. The fourth-order valence-corrected chi connectivity index (χ4v) is 3.79. The minimum Gasteiger partial charge on any atom is -0.469 e. The molecule has 2 aliphatic rings. The number of hydrogen-bond acceptors (Lipinski definition) is 4. The SMILES string of the molecule is COC(=O)C1CCC(C(=O)Nc2cc3c(cc2Cl)CCC3=O)CC1. The van der Waals surface area contributed by atoms with Crippen molar-refractivity contribution in [2.45, 2.75) is 38.5 Å². The van der Waals surface area contributed by atoms with E-state index in [9.17, 15) is 14.4 Å². The minimum atomic E-state index is -0.200. The number of benzene rings is 1. The van der Waals surface area contributed by atoms with Crippen molar-refractivity contribution in [3.8, 4) is 0 Å². The Morgan fingerprint density at radius 3 is 2.46 bits per heavy atom. The molecule has 2 aliphatic carbocycles. The molecule has 6 heteroatoms. The summed E-state index contributed by atoms with van der Waals surface area (Å²) in [4.78, 5) is 35.9. The van der Waals surface area contributed by atoms with Crippen LogP contribution in [0, 0.1) is 11.8 Å². The van der Waals surface area contributed by atoms with Crippen LogP contribution in [0.15, 0.2) is 12.1 Å². The van der Waals surface area contributed by atoms with Crippen LogP contribution in [0.3, 0.4) is 0 Å². The Bertz CT molecular complexity index is 693. The maximum atomic E-state index is 12.5. The molecule has 0 saturated heterocycles. The lowest BCUT2D eigenvalue weighted by atomic mass is 9.81. The van der Waals surface area contributed by atoms with Crippen LogP contribution in [0.1, 0.15) is 48.0 Å². The van der Waals surface area contributed by atoms with Crippen molar-refractivity contribution in [2.24, 2.45) is 11.8 Å². The van der Waals surface area contributed by atoms with E-state index in [1.54, 1.807) is 12.1 Å². The molecule has 1 amide bonds. The molecule has 0 spiro atoms. The molecule has 1 N–H and O–H groups in total. The van der Waals surface area contributed by atoms with Gasteiger partial charge >= 0.3 is 5.97 Å². The molecule has 128 valence electrons. The van der Waals surface area contributed by atoms with Gasteiger partial charge in [-0.25, -0.2) is 0 Å². The number of carbonyl (C=O) groups excluding carboxylic acids is 3. The van der Waals surface area contributed by atoms with Crippen LogP contribution < -0.4 is 5.32 Å². The number of carbonyl (C=O) groups is 3. The van der Waals surface area contributed by atoms with E-state index in [-0.39, 0.29) is 29.5 Å². The second-order valence-corrected chi connectivity index (χ2v) is 6.88. The van der Waals surface area contributed by atoms with Crippen molar-refractivity contribution in [2.75, 3.05) is 12.4 Å². The van der Waals surface area contributed by atoms with Gasteiger partial charge in [-0.3, -0.25) is 14.4 Å². The second kappa shape index (κ2) is 6.93. The number of rotatable bonds is 3. The summed E-state index contributed by atoms with van der Waals surface area (Å²) < 4.78 is 4.76. The molecular weight excluding hydrogens is 330 g/mol. The average Bonchev–Trinajstić information content (AvgIpc) is 2.94. The zero-order valence-electron chi connectivity index (χ0n) is 13.6. The van der Waals surface area contributed by atoms with Crippen LogP contribution in [0.2, 0.25) is 5.02 Å². The highest BCUT2D eigenvalue weighted by atomic mass is 35.5. The highest BCUT2D eigenvalue weighted by Crippen LogP contribution is 2.34. The number of aryl methyl sites for hydroxylation is 1. The van der Waals surface area contributed by atoms with E-state index in [1.165, 1.54) is 7.11 Å². The Morgan fingerprint density at radius 2 is 1.79 bits per heavy atom. The molecule has 0 aromatic heterocycles. The van der Waals surface area contributed by atoms with Gasteiger partial charge in [-0.1, -0.05) is 11.6 Å². The van der Waals surface area contributed by atoms with Crippen LogP contribution >= 0.6 is 11.6 Å². The van der Waals surface area contributed by atoms with Gasteiger partial charge in [0.2, 0.25) is 5.91 Å². The minimum absolute atomic E-state index is 0.0933. The smallest absolute Gasteiger partial charge is 0.308 e. The van der Waals surface area contributed by atoms with Crippen molar-refractivity contribution < 1.29 is 19.1 Å². The van der Waals surface area contributed by atoms with E-state index < -0.39 is 0 Å². The van der Waals surface area contributed by atoms with Gasteiger partial charge in [-0.2, -0.15) is 0 Å². The van der Waals surface area contributed by atoms with Crippen LogP contribution in [-0.4, -0.2) is 24.8 Å². The third-order valence-electron chi connectivity index (χ3n) is 5.01. The summed E-state index contributed by atoms with van der Waals surface area (Å²) in [5, 5.41) is 3.31. The van der Waals surface area contributed by atoms with Crippen LogP contribution in [0.5, 0.6) is 0 Å². The van der Waals surface area contributed by atoms with Gasteiger partial charge in [-0.15, -0.1) is 0 Å². The fraction of sp³-hybridized carbons (Fsp3) is 0.500. The van der Waals surface area contributed by atoms with Crippen molar-refractivity contribution in [3.63, 3.8) is 0 Å². The summed E-state index contributed by atoms with van der Waals surface area (Å²) in [6.07, 6.45) is 3.81. The third kappa shape index (κ3) is 3.31. The van der Waals surface area contributed by atoms with Crippen LogP contribution in [0.25, 0.3) is 0 Å². The lowest BCUT2D eigenvalue weighted by Crippen LogP contribution is -2.30. The summed E-state index contributed by atoms with van der Waals surface area (Å²) in [5.74, 6) is -0.471. The summed E-state index contributed by atoms with van der Waals surface area (Å²) in [7, 11) is 1.39. The average molecular weight is 350 g/mol. The van der Waals surface area contributed by atoms with E-state index >= 15 is 0 Å². The standard InChI is InChI=1S/C18H20ClNO4/c1-24-18(23)11-4-2-10(3-5-11)17(22)20-15-9-13-12(8-14(15)19)6-7-16(13)21/h8-11H,2-7H2,1H3,(H,20,22). The summed E-state index contributed by atoms with van der Waals surface area (Å²) in [5.41, 5.74) is 2.09. The molecule has 1 aromatic carbocycles. The molecule has 0 heterocycles. The van der Waals surface area contributed by atoms with Crippen LogP contribution in [0.4, 0.5) is 5.69 Å². The molecule has 0 bridgehead atoms. The predicted octanol–water partition coefficient (Wildman–Crippen LogP) is 3.39. The van der Waals surface area contributed by atoms with Gasteiger partial charge in [0, 0.05) is 17.9 Å². The van der Waals surface area contributed by atoms with Gasteiger partial charge in [0.1, 0.15) is 0 Å².